The molecular formula is C26H33N9O2. The summed E-state index contributed by atoms with van der Waals surface area (Å²) in [6.45, 7) is 7.24. The summed E-state index contributed by atoms with van der Waals surface area (Å²) < 4.78 is 9.51. The van der Waals surface area contributed by atoms with Gasteiger partial charge in [0.05, 0.1) is 11.9 Å². The fourth-order valence-corrected chi connectivity index (χ4v) is 4.92. The predicted octanol–water partition coefficient (Wildman–Crippen LogP) is 4.63. The molecule has 2 saturated carbocycles. The minimum atomic E-state index is -0.303. The van der Waals surface area contributed by atoms with Crippen LogP contribution in [-0.2, 0) is 11.3 Å². The maximum absolute atomic E-state index is 12.2. The van der Waals surface area contributed by atoms with Crippen molar-refractivity contribution in [1.82, 2.24) is 39.7 Å². The monoisotopic (exact) mass is 503 g/mol. The Morgan fingerprint density at radius 3 is 2.97 bits per heavy atom. The van der Waals surface area contributed by atoms with E-state index >= 15 is 0 Å². The summed E-state index contributed by atoms with van der Waals surface area (Å²) in [5, 5.41) is 18.4. The van der Waals surface area contributed by atoms with Crippen LogP contribution in [0.15, 0.2) is 36.9 Å². The lowest BCUT2D eigenvalue weighted by molar-refractivity contribution is 0.0967. The highest BCUT2D eigenvalue weighted by atomic mass is 16.6. The molecule has 4 aromatic rings. The van der Waals surface area contributed by atoms with Gasteiger partial charge in [-0.25, -0.2) is 14.8 Å². The van der Waals surface area contributed by atoms with E-state index in [4.69, 9.17) is 9.72 Å². The number of amides is 1. The van der Waals surface area contributed by atoms with Crippen molar-refractivity contribution in [1.29, 1.82) is 0 Å². The molecule has 1 amide bonds. The van der Waals surface area contributed by atoms with E-state index in [-0.39, 0.29) is 23.7 Å². The quantitative estimate of drug-likeness (QED) is 0.320. The average Bonchev–Trinajstić information content (AvgIpc) is 3.41. The van der Waals surface area contributed by atoms with Gasteiger partial charge in [-0.05, 0) is 44.9 Å². The second-order valence-electron chi connectivity index (χ2n) is 11.0. The van der Waals surface area contributed by atoms with Crippen molar-refractivity contribution in [3.05, 3.63) is 42.6 Å². The molecule has 0 radical (unpaired) electrons. The van der Waals surface area contributed by atoms with Crippen LogP contribution < -0.4 is 10.6 Å². The fourth-order valence-electron chi connectivity index (χ4n) is 4.92. The van der Waals surface area contributed by atoms with Crippen LogP contribution >= 0.6 is 0 Å². The lowest BCUT2D eigenvalue weighted by atomic mass is 10.0. The second-order valence-corrected chi connectivity index (χ2v) is 11.0. The summed E-state index contributed by atoms with van der Waals surface area (Å²) in [7, 11) is 0. The maximum atomic E-state index is 12.2. The zero-order valence-electron chi connectivity index (χ0n) is 21.4. The van der Waals surface area contributed by atoms with Gasteiger partial charge in [-0.1, -0.05) is 13.8 Å². The van der Waals surface area contributed by atoms with Crippen LogP contribution in [-0.4, -0.2) is 52.1 Å². The molecule has 37 heavy (non-hydrogen) atoms. The number of alkyl carbamates (subject to hydrolysis) is 1. The second kappa shape index (κ2) is 9.20. The van der Waals surface area contributed by atoms with E-state index in [2.05, 4.69) is 44.8 Å². The molecule has 0 aliphatic heterocycles. The van der Waals surface area contributed by atoms with Gasteiger partial charge < -0.3 is 15.4 Å². The van der Waals surface area contributed by atoms with E-state index in [9.17, 15) is 4.79 Å². The molecule has 3 N–H and O–H groups in total. The first-order chi connectivity index (χ1) is 17.8. The molecule has 2 aliphatic carbocycles. The number of fused-ring (bicyclic) bond motifs is 1. The van der Waals surface area contributed by atoms with Crippen LogP contribution in [0.25, 0.3) is 16.9 Å². The van der Waals surface area contributed by atoms with Crippen molar-refractivity contribution >= 4 is 23.5 Å². The number of nitrogens with zero attached hydrogens (tertiary/aromatic N) is 6. The largest absolute Gasteiger partial charge is 0.446 e. The van der Waals surface area contributed by atoms with Gasteiger partial charge in [0.2, 0.25) is 5.95 Å². The number of hydrogen-bond donors (Lipinski definition) is 3. The first-order valence-corrected chi connectivity index (χ1v) is 13.0. The van der Waals surface area contributed by atoms with E-state index in [0.717, 1.165) is 61.2 Å². The minimum Gasteiger partial charge on any atom is -0.446 e. The van der Waals surface area contributed by atoms with E-state index < -0.39 is 0 Å². The number of ether oxygens (including phenoxy) is 1. The third-order valence-electron chi connectivity index (χ3n) is 7.21. The average molecular weight is 504 g/mol. The lowest BCUT2D eigenvalue weighted by Crippen LogP contribution is -2.36. The van der Waals surface area contributed by atoms with Crippen molar-refractivity contribution in [2.75, 3.05) is 5.32 Å². The summed E-state index contributed by atoms with van der Waals surface area (Å²) in [6, 6.07) is 3.96. The Hall–Kier alpha value is -3.89. The molecule has 0 bridgehead atoms. The van der Waals surface area contributed by atoms with Gasteiger partial charge in [-0.3, -0.25) is 14.2 Å². The number of imidazole rings is 1. The SMILES string of the molecule is CC(C)Cn1cc(-c2cc3nccn3c(Nc3cc(C4CCC(OC(=O)NC5(C)CC5)C4)[nH]n3)n2)cn1. The van der Waals surface area contributed by atoms with Gasteiger partial charge in [-0.15, -0.1) is 0 Å². The number of aromatic amines is 1. The molecule has 2 aliphatic rings. The van der Waals surface area contributed by atoms with Crippen LogP contribution in [0.5, 0.6) is 0 Å². The van der Waals surface area contributed by atoms with Gasteiger partial charge in [0, 0.05) is 60.0 Å². The smallest absolute Gasteiger partial charge is 0.407 e. The lowest BCUT2D eigenvalue weighted by Gasteiger charge is -2.16. The summed E-state index contributed by atoms with van der Waals surface area (Å²) >= 11 is 0. The molecule has 2 atom stereocenters. The van der Waals surface area contributed by atoms with Crippen LogP contribution in [0.2, 0.25) is 0 Å². The molecular weight excluding hydrogens is 470 g/mol. The Balaban J connectivity index is 1.15. The third kappa shape index (κ3) is 5.16. The number of carbonyl (C=O) groups excluding carboxylic acids is 1. The van der Waals surface area contributed by atoms with E-state index in [1.54, 1.807) is 6.20 Å². The molecule has 11 nitrogen and oxygen atoms in total. The zero-order chi connectivity index (χ0) is 25.6. The van der Waals surface area contributed by atoms with E-state index in [1.807, 2.05) is 46.7 Å². The number of nitrogens with one attached hydrogen (secondary N) is 3. The van der Waals surface area contributed by atoms with Crippen LogP contribution in [0, 0.1) is 5.92 Å². The number of hydrogen-bond acceptors (Lipinski definition) is 7. The molecule has 2 unspecified atom stereocenters. The highest BCUT2D eigenvalue weighted by Crippen LogP contribution is 2.37. The Morgan fingerprint density at radius 1 is 1.30 bits per heavy atom. The Morgan fingerprint density at radius 2 is 2.16 bits per heavy atom. The highest BCUT2D eigenvalue weighted by Gasteiger charge is 2.40. The van der Waals surface area contributed by atoms with Gasteiger partial charge in [0.25, 0.3) is 0 Å². The molecule has 11 heteroatoms. The summed E-state index contributed by atoms with van der Waals surface area (Å²) in [5.74, 6) is 2.06. The number of aromatic nitrogens is 7. The first kappa shape index (κ1) is 23.5. The summed E-state index contributed by atoms with van der Waals surface area (Å²) in [6.07, 6.45) is 11.7. The topological polar surface area (TPSA) is 127 Å². The molecule has 4 heterocycles. The van der Waals surface area contributed by atoms with E-state index in [0.29, 0.717) is 17.7 Å². The van der Waals surface area contributed by atoms with Gasteiger partial charge in [-0.2, -0.15) is 10.2 Å². The Labute approximate surface area is 215 Å². The first-order valence-electron chi connectivity index (χ1n) is 13.0. The third-order valence-corrected chi connectivity index (χ3v) is 7.21. The Kier molecular flexibility index (Phi) is 5.85. The van der Waals surface area contributed by atoms with Crippen molar-refractivity contribution in [2.24, 2.45) is 5.92 Å². The van der Waals surface area contributed by atoms with Crippen molar-refractivity contribution < 1.29 is 9.53 Å². The molecule has 0 aromatic carbocycles. The fraction of sp³-hybridized carbons (Fsp3) is 0.500. The zero-order valence-corrected chi connectivity index (χ0v) is 21.4. The van der Waals surface area contributed by atoms with Crippen molar-refractivity contribution in [3.8, 4) is 11.3 Å². The molecule has 0 saturated heterocycles. The van der Waals surface area contributed by atoms with Crippen LogP contribution in [0.4, 0.5) is 16.6 Å². The highest BCUT2D eigenvalue weighted by molar-refractivity contribution is 5.69. The Bertz CT molecular complexity index is 1410. The normalized spacial score (nSPS) is 20.4. The number of anilines is 2. The van der Waals surface area contributed by atoms with Crippen molar-refractivity contribution in [3.63, 3.8) is 0 Å². The van der Waals surface area contributed by atoms with Gasteiger partial charge in [0.15, 0.2) is 5.82 Å². The molecule has 2 fully saturated rings. The predicted molar refractivity (Wildman–Crippen MR) is 139 cm³/mol. The number of rotatable bonds is 8. The molecule has 194 valence electrons. The van der Waals surface area contributed by atoms with Crippen LogP contribution in [0.3, 0.4) is 0 Å². The van der Waals surface area contributed by atoms with Gasteiger partial charge in [0.1, 0.15) is 11.8 Å². The molecule has 4 aromatic heterocycles. The standard InChI is InChI=1S/C26H33N9O2/c1-16(2)14-34-15-18(13-28-34)20-12-23-27-8-9-35(23)24(29-20)30-22-11-21(32-33-22)17-4-5-19(10-17)37-25(36)31-26(3)6-7-26/h8-9,11-13,15-17,19H,4-7,10,14H2,1-3H3,(H,31,36)(H2,29,30,32,33). The van der Waals surface area contributed by atoms with Gasteiger partial charge >= 0.3 is 6.09 Å². The summed E-state index contributed by atoms with van der Waals surface area (Å²) in [5.41, 5.74) is 3.47. The summed E-state index contributed by atoms with van der Waals surface area (Å²) in [4.78, 5) is 21.5. The minimum absolute atomic E-state index is 0.0698. The van der Waals surface area contributed by atoms with Crippen molar-refractivity contribution in [2.45, 2.75) is 77.0 Å². The molecule has 6 rings (SSSR count). The number of carbonyl (C=O) groups is 1. The number of H-pyrrole nitrogens is 1. The van der Waals surface area contributed by atoms with E-state index in [1.165, 1.54) is 0 Å². The molecule has 0 spiro atoms. The van der Waals surface area contributed by atoms with Crippen LogP contribution in [0.1, 0.15) is 64.5 Å². The maximum Gasteiger partial charge on any atom is 0.407 e.